The molecule has 1 amide bonds. The first-order valence-electron chi connectivity index (χ1n) is 6.88. The maximum absolute atomic E-state index is 13.3. The fraction of sp³-hybridized carbons (Fsp3) is 0.571. The number of rotatable bonds is 5. The predicted octanol–water partition coefficient (Wildman–Crippen LogP) is 2.44. The predicted molar refractivity (Wildman–Crippen MR) is 69.3 cm³/mol. The lowest BCUT2D eigenvalue weighted by Gasteiger charge is -2.22. The molecule has 1 aliphatic rings. The molecule has 110 valence electrons. The third-order valence-corrected chi connectivity index (χ3v) is 3.38. The van der Waals surface area contributed by atoms with Gasteiger partial charge in [-0.05, 0) is 18.9 Å². The Kier molecular flexibility index (Phi) is 5.40. The first-order valence-corrected chi connectivity index (χ1v) is 6.88. The molecule has 0 saturated heterocycles. The zero-order valence-electron chi connectivity index (χ0n) is 11.2. The Morgan fingerprint density at radius 2 is 2.10 bits per heavy atom. The van der Waals surface area contributed by atoms with Gasteiger partial charge in [-0.2, -0.15) is 4.39 Å². The zero-order chi connectivity index (χ0) is 14.4. The second-order valence-electron chi connectivity index (χ2n) is 4.85. The number of hydrogen-bond donors (Lipinski definition) is 1. The van der Waals surface area contributed by atoms with Crippen LogP contribution < -0.4 is 5.32 Å². The molecule has 0 unspecified atom stereocenters. The maximum atomic E-state index is 13.3. The van der Waals surface area contributed by atoms with Gasteiger partial charge in [-0.15, -0.1) is 0 Å². The van der Waals surface area contributed by atoms with Crippen molar-refractivity contribution in [2.24, 2.45) is 0 Å². The van der Waals surface area contributed by atoms with Crippen LogP contribution in [0.5, 0.6) is 0 Å². The van der Waals surface area contributed by atoms with Crippen molar-refractivity contribution in [2.45, 2.75) is 38.2 Å². The molecule has 1 aliphatic carbocycles. The fourth-order valence-electron chi connectivity index (χ4n) is 2.31. The molecule has 0 bridgehead atoms. The summed E-state index contributed by atoms with van der Waals surface area (Å²) in [5.74, 6) is -3.15. The molecule has 1 heterocycles. The molecule has 1 saturated carbocycles. The van der Waals surface area contributed by atoms with Crippen molar-refractivity contribution in [2.75, 3.05) is 13.2 Å². The Hall–Kier alpha value is -1.56. The van der Waals surface area contributed by atoms with E-state index in [4.69, 9.17) is 4.74 Å². The monoisotopic (exact) mass is 284 g/mol. The summed E-state index contributed by atoms with van der Waals surface area (Å²) in [5, 5.41) is 2.51. The topological polar surface area (TPSA) is 51.2 Å². The average Bonchev–Trinajstić information content (AvgIpc) is 2.47. The van der Waals surface area contributed by atoms with Crippen LogP contribution in [0.15, 0.2) is 12.3 Å². The molecule has 0 aromatic carbocycles. The minimum absolute atomic E-state index is 0.260. The summed E-state index contributed by atoms with van der Waals surface area (Å²) in [5.41, 5.74) is -0.338. The van der Waals surface area contributed by atoms with Gasteiger partial charge >= 0.3 is 0 Å². The van der Waals surface area contributed by atoms with E-state index in [0.29, 0.717) is 6.61 Å². The molecule has 2 rings (SSSR count). The van der Waals surface area contributed by atoms with E-state index < -0.39 is 17.7 Å². The van der Waals surface area contributed by atoms with Crippen LogP contribution in [0.4, 0.5) is 8.78 Å². The maximum Gasteiger partial charge on any atom is 0.254 e. The second kappa shape index (κ2) is 7.28. The highest BCUT2D eigenvalue weighted by atomic mass is 19.2. The van der Waals surface area contributed by atoms with Crippen molar-refractivity contribution in [1.29, 1.82) is 0 Å². The number of aromatic nitrogens is 1. The molecule has 20 heavy (non-hydrogen) atoms. The summed E-state index contributed by atoms with van der Waals surface area (Å²) in [4.78, 5) is 14.8. The molecule has 4 nitrogen and oxygen atoms in total. The van der Waals surface area contributed by atoms with Gasteiger partial charge in [0.25, 0.3) is 5.91 Å². The smallest absolute Gasteiger partial charge is 0.254 e. The molecule has 0 radical (unpaired) electrons. The van der Waals surface area contributed by atoms with E-state index in [9.17, 15) is 13.6 Å². The standard InChI is InChI=1S/C14H18F2N2O2/c15-12-11(6-7-17-13(12)16)14(19)18-8-9-20-10-4-2-1-3-5-10/h6-7,10H,1-5,8-9H2,(H,18,19). The van der Waals surface area contributed by atoms with Crippen LogP contribution in [0.3, 0.4) is 0 Å². The van der Waals surface area contributed by atoms with Crippen LogP contribution >= 0.6 is 0 Å². The van der Waals surface area contributed by atoms with Crippen molar-refractivity contribution in [1.82, 2.24) is 10.3 Å². The molecule has 0 atom stereocenters. The molecule has 0 aliphatic heterocycles. The lowest BCUT2D eigenvalue weighted by Crippen LogP contribution is -2.30. The number of carbonyl (C=O) groups excluding carboxylic acids is 1. The highest BCUT2D eigenvalue weighted by molar-refractivity contribution is 5.94. The van der Waals surface area contributed by atoms with Gasteiger partial charge < -0.3 is 10.1 Å². The largest absolute Gasteiger partial charge is 0.376 e. The molecule has 1 aromatic heterocycles. The quantitative estimate of drug-likeness (QED) is 0.667. The first kappa shape index (κ1) is 14.8. The van der Waals surface area contributed by atoms with Gasteiger partial charge in [0.2, 0.25) is 5.95 Å². The molecule has 1 fully saturated rings. The molecular weight excluding hydrogens is 266 g/mol. The van der Waals surface area contributed by atoms with E-state index in [-0.39, 0.29) is 18.2 Å². The highest BCUT2D eigenvalue weighted by Gasteiger charge is 2.16. The second-order valence-corrected chi connectivity index (χ2v) is 4.85. The van der Waals surface area contributed by atoms with Gasteiger partial charge in [-0.25, -0.2) is 9.37 Å². The number of hydrogen-bond acceptors (Lipinski definition) is 3. The van der Waals surface area contributed by atoms with Crippen LogP contribution in [0.25, 0.3) is 0 Å². The molecule has 0 spiro atoms. The molecular formula is C14H18F2N2O2. The van der Waals surface area contributed by atoms with E-state index in [1.54, 1.807) is 0 Å². The summed E-state index contributed by atoms with van der Waals surface area (Å²) in [6.07, 6.45) is 7.04. The average molecular weight is 284 g/mol. The van der Waals surface area contributed by atoms with Crippen LogP contribution in [0, 0.1) is 11.8 Å². The normalized spacial score (nSPS) is 16.1. The van der Waals surface area contributed by atoms with Crippen LogP contribution in [-0.4, -0.2) is 30.1 Å². The summed E-state index contributed by atoms with van der Waals surface area (Å²) < 4.78 is 31.8. The van der Waals surface area contributed by atoms with Crippen molar-refractivity contribution >= 4 is 5.91 Å². The van der Waals surface area contributed by atoms with E-state index in [2.05, 4.69) is 10.3 Å². The lowest BCUT2D eigenvalue weighted by molar-refractivity contribution is 0.0299. The zero-order valence-corrected chi connectivity index (χ0v) is 11.2. The number of halogens is 2. The molecule has 6 heteroatoms. The Bertz CT molecular complexity index is 462. The first-order chi connectivity index (χ1) is 9.68. The summed E-state index contributed by atoms with van der Waals surface area (Å²) in [7, 11) is 0. The third-order valence-electron chi connectivity index (χ3n) is 3.38. The summed E-state index contributed by atoms with van der Waals surface area (Å²) in [6.45, 7) is 0.657. The van der Waals surface area contributed by atoms with Crippen molar-refractivity contribution in [3.63, 3.8) is 0 Å². The van der Waals surface area contributed by atoms with Gasteiger partial charge in [-0.1, -0.05) is 19.3 Å². The lowest BCUT2D eigenvalue weighted by atomic mass is 9.98. The van der Waals surface area contributed by atoms with Crippen LogP contribution in [0.2, 0.25) is 0 Å². The number of ether oxygens (including phenoxy) is 1. The number of pyridine rings is 1. The Morgan fingerprint density at radius 3 is 2.85 bits per heavy atom. The summed E-state index contributed by atoms with van der Waals surface area (Å²) >= 11 is 0. The minimum Gasteiger partial charge on any atom is -0.376 e. The fourth-order valence-corrected chi connectivity index (χ4v) is 2.31. The van der Waals surface area contributed by atoms with E-state index in [0.717, 1.165) is 25.1 Å². The number of nitrogens with zero attached hydrogens (tertiary/aromatic N) is 1. The SMILES string of the molecule is O=C(NCCOC1CCCCC1)c1ccnc(F)c1F. The van der Waals surface area contributed by atoms with Gasteiger partial charge in [0, 0.05) is 12.7 Å². The van der Waals surface area contributed by atoms with E-state index >= 15 is 0 Å². The Balaban J connectivity index is 1.73. The number of nitrogens with one attached hydrogen (secondary N) is 1. The van der Waals surface area contributed by atoms with Gasteiger partial charge in [-0.3, -0.25) is 4.79 Å². The minimum atomic E-state index is -1.27. The van der Waals surface area contributed by atoms with Crippen molar-refractivity contribution in [3.8, 4) is 0 Å². The summed E-state index contributed by atoms with van der Waals surface area (Å²) in [6, 6.07) is 1.15. The van der Waals surface area contributed by atoms with Gasteiger partial charge in [0.05, 0.1) is 18.3 Å². The van der Waals surface area contributed by atoms with E-state index in [1.807, 2.05) is 0 Å². The molecule has 1 aromatic rings. The Morgan fingerprint density at radius 1 is 1.35 bits per heavy atom. The van der Waals surface area contributed by atoms with Gasteiger partial charge in [0.15, 0.2) is 5.82 Å². The van der Waals surface area contributed by atoms with Crippen molar-refractivity contribution < 1.29 is 18.3 Å². The van der Waals surface area contributed by atoms with E-state index in [1.165, 1.54) is 19.3 Å². The number of amides is 1. The van der Waals surface area contributed by atoms with Crippen LogP contribution in [0.1, 0.15) is 42.5 Å². The number of carbonyl (C=O) groups is 1. The van der Waals surface area contributed by atoms with Crippen LogP contribution in [-0.2, 0) is 4.74 Å². The van der Waals surface area contributed by atoms with Gasteiger partial charge in [0.1, 0.15) is 0 Å². The Labute approximate surface area is 116 Å². The highest BCUT2D eigenvalue weighted by Crippen LogP contribution is 2.19. The van der Waals surface area contributed by atoms with Crippen molar-refractivity contribution in [3.05, 3.63) is 29.6 Å². The molecule has 1 N–H and O–H groups in total. The third kappa shape index (κ3) is 3.96.